The lowest BCUT2D eigenvalue weighted by molar-refractivity contribution is 0.0599. The minimum atomic E-state index is -0.409. The summed E-state index contributed by atoms with van der Waals surface area (Å²) in [4.78, 5) is 18.2. The number of aryl methyl sites for hydroxylation is 1. The van der Waals surface area contributed by atoms with Gasteiger partial charge in [0, 0.05) is 13.6 Å². The van der Waals surface area contributed by atoms with Gasteiger partial charge in [0.05, 0.1) is 13.7 Å². The van der Waals surface area contributed by atoms with E-state index in [1.807, 2.05) is 49.2 Å². The second kappa shape index (κ2) is 10.3. The zero-order chi connectivity index (χ0) is 19.6. The van der Waals surface area contributed by atoms with Crippen molar-refractivity contribution >= 4 is 11.9 Å². The number of hydrogen-bond acceptors (Lipinski definition) is 5. The first kappa shape index (κ1) is 20.4. The number of esters is 1. The molecule has 0 aliphatic carbocycles. The van der Waals surface area contributed by atoms with E-state index >= 15 is 0 Å². The zero-order valence-corrected chi connectivity index (χ0v) is 16.3. The number of likely N-dealkylation sites (N-methyl/N-ethyl adjacent to an activating group) is 1. The standard InChI is InChI=1S/C20H27N3O4/c1-5-21-20(23(3)11-12-26-16-9-7-6-8-10-16)22-14-17-13-18(15(2)27-17)19(24)25-4/h6-10,13H,5,11-12,14H2,1-4H3,(H,21,22). The minimum absolute atomic E-state index is 0.323. The normalized spacial score (nSPS) is 11.2. The Hall–Kier alpha value is -2.96. The van der Waals surface area contributed by atoms with Gasteiger partial charge in [0.15, 0.2) is 5.96 Å². The van der Waals surface area contributed by atoms with E-state index < -0.39 is 5.97 Å². The van der Waals surface area contributed by atoms with Gasteiger partial charge in [-0.2, -0.15) is 0 Å². The third-order valence-electron chi connectivity index (χ3n) is 3.89. The predicted molar refractivity (Wildman–Crippen MR) is 104 cm³/mol. The number of nitrogens with zero attached hydrogens (tertiary/aromatic N) is 2. The molecular formula is C20H27N3O4. The maximum Gasteiger partial charge on any atom is 0.341 e. The van der Waals surface area contributed by atoms with Gasteiger partial charge < -0.3 is 24.1 Å². The highest BCUT2D eigenvalue weighted by Gasteiger charge is 2.15. The highest BCUT2D eigenvalue weighted by atomic mass is 16.5. The maximum atomic E-state index is 11.7. The first-order valence-electron chi connectivity index (χ1n) is 8.90. The first-order chi connectivity index (χ1) is 13.0. The van der Waals surface area contributed by atoms with Crippen LogP contribution in [0.4, 0.5) is 0 Å². The van der Waals surface area contributed by atoms with Gasteiger partial charge >= 0.3 is 5.97 Å². The fraction of sp³-hybridized carbons (Fsp3) is 0.400. The lowest BCUT2D eigenvalue weighted by Gasteiger charge is -2.22. The largest absolute Gasteiger partial charge is 0.492 e. The molecule has 1 aromatic heterocycles. The van der Waals surface area contributed by atoms with E-state index in [1.165, 1.54) is 7.11 Å². The van der Waals surface area contributed by atoms with Crippen molar-refractivity contribution in [3.8, 4) is 5.75 Å². The van der Waals surface area contributed by atoms with Crippen LogP contribution in [0.15, 0.2) is 45.8 Å². The molecule has 0 saturated carbocycles. The highest BCUT2D eigenvalue weighted by molar-refractivity contribution is 5.90. The molecule has 0 radical (unpaired) electrons. The van der Waals surface area contributed by atoms with Crippen LogP contribution in [0.25, 0.3) is 0 Å². The van der Waals surface area contributed by atoms with Crippen LogP contribution >= 0.6 is 0 Å². The predicted octanol–water partition coefficient (Wildman–Crippen LogP) is 2.85. The van der Waals surface area contributed by atoms with E-state index in [2.05, 4.69) is 10.3 Å². The summed E-state index contributed by atoms with van der Waals surface area (Å²) in [5.41, 5.74) is 0.428. The van der Waals surface area contributed by atoms with Crippen LogP contribution in [-0.4, -0.2) is 50.7 Å². The van der Waals surface area contributed by atoms with Gasteiger partial charge in [-0.25, -0.2) is 9.79 Å². The molecule has 0 aliphatic heterocycles. The van der Waals surface area contributed by atoms with E-state index in [9.17, 15) is 4.79 Å². The number of furan rings is 1. The monoisotopic (exact) mass is 373 g/mol. The Kier molecular flexibility index (Phi) is 7.73. The van der Waals surface area contributed by atoms with Crippen LogP contribution < -0.4 is 10.1 Å². The average molecular weight is 373 g/mol. The zero-order valence-electron chi connectivity index (χ0n) is 16.3. The van der Waals surface area contributed by atoms with E-state index in [4.69, 9.17) is 13.9 Å². The van der Waals surface area contributed by atoms with Crippen molar-refractivity contribution in [2.45, 2.75) is 20.4 Å². The molecule has 0 amide bonds. The highest BCUT2D eigenvalue weighted by Crippen LogP contribution is 2.16. The molecule has 0 spiro atoms. The van der Waals surface area contributed by atoms with Gasteiger partial charge in [0.1, 0.15) is 36.0 Å². The molecule has 1 N–H and O–H groups in total. The summed E-state index contributed by atoms with van der Waals surface area (Å²) < 4.78 is 16.1. The number of methoxy groups -OCH3 is 1. The van der Waals surface area contributed by atoms with Gasteiger partial charge in [0.25, 0.3) is 0 Å². The molecule has 0 unspecified atom stereocenters. The molecule has 0 aliphatic rings. The molecule has 27 heavy (non-hydrogen) atoms. The molecule has 2 aromatic rings. The number of rotatable bonds is 8. The van der Waals surface area contributed by atoms with E-state index in [0.29, 0.717) is 36.8 Å². The summed E-state index contributed by atoms with van der Waals surface area (Å²) in [5.74, 6) is 2.31. The van der Waals surface area contributed by atoms with Crippen molar-refractivity contribution in [3.05, 3.63) is 53.5 Å². The third-order valence-corrected chi connectivity index (χ3v) is 3.89. The van der Waals surface area contributed by atoms with E-state index in [0.717, 1.165) is 18.3 Å². The molecule has 0 bridgehead atoms. The average Bonchev–Trinajstić information content (AvgIpc) is 3.05. The van der Waals surface area contributed by atoms with Gasteiger partial charge in [-0.3, -0.25) is 0 Å². The number of guanidine groups is 1. The summed E-state index contributed by atoms with van der Waals surface area (Å²) in [5, 5.41) is 3.24. The molecule has 0 atom stereocenters. The fourth-order valence-corrected chi connectivity index (χ4v) is 2.48. The summed E-state index contributed by atoms with van der Waals surface area (Å²) in [6.45, 7) is 6.02. The van der Waals surface area contributed by atoms with Gasteiger partial charge in [-0.1, -0.05) is 18.2 Å². The van der Waals surface area contributed by atoms with Gasteiger partial charge in [-0.15, -0.1) is 0 Å². The smallest absolute Gasteiger partial charge is 0.341 e. The van der Waals surface area contributed by atoms with Crippen LogP contribution in [-0.2, 0) is 11.3 Å². The summed E-state index contributed by atoms with van der Waals surface area (Å²) in [6, 6.07) is 11.4. The molecule has 0 saturated heterocycles. The molecule has 7 nitrogen and oxygen atoms in total. The molecule has 1 heterocycles. The lowest BCUT2D eigenvalue weighted by atomic mass is 10.2. The Morgan fingerprint density at radius 3 is 2.70 bits per heavy atom. The second-order valence-electron chi connectivity index (χ2n) is 5.93. The molecule has 146 valence electrons. The second-order valence-corrected chi connectivity index (χ2v) is 5.93. The number of nitrogens with one attached hydrogen (secondary N) is 1. The Labute approximate surface area is 160 Å². The number of carbonyl (C=O) groups is 1. The Bertz CT molecular complexity index is 756. The molecule has 0 fully saturated rings. The summed E-state index contributed by atoms with van der Waals surface area (Å²) in [7, 11) is 3.30. The molecule has 2 rings (SSSR count). The van der Waals surface area contributed by atoms with E-state index in [-0.39, 0.29) is 0 Å². The van der Waals surface area contributed by atoms with Crippen molar-refractivity contribution in [1.82, 2.24) is 10.2 Å². The maximum absolute atomic E-state index is 11.7. The Morgan fingerprint density at radius 1 is 1.30 bits per heavy atom. The Balaban J connectivity index is 1.95. The van der Waals surface area contributed by atoms with Gasteiger partial charge in [-0.05, 0) is 32.0 Å². The first-order valence-corrected chi connectivity index (χ1v) is 8.90. The minimum Gasteiger partial charge on any atom is -0.492 e. The Morgan fingerprint density at radius 2 is 2.04 bits per heavy atom. The number of para-hydroxylation sites is 1. The lowest BCUT2D eigenvalue weighted by Crippen LogP contribution is -2.40. The van der Waals surface area contributed by atoms with Crippen molar-refractivity contribution < 1.29 is 18.7 Å². The number of aliphatic imine (C=N–C) groups is 1. The fourth-order valence-electron chi connectivity index (χ4n) is 2.48. The number of benzene rings is 1. The van der Waals surface area contributed by atoms with Crippen LogP contribution in [0.3, 0.4) is 0 Å². The summed E-state index contributed by atoms with van der Waals surface area (Å²) >= 11 is 0. The van der Waals surface area contributed by atoms with E-state index in [1.54, 1.807) is 13.0 Å². The van der Waals surface area contributed by atoms with Crippen molar-refractivity contribution in [3.63, 3.8) is 0 Å². The molecule has 7 heteroatoms. The molecule has 1 aromatic carbocycles. The molecular weight excluding hydrogens is 346 g/mol. The number of hydrogen-bond donors (Lipinski definition) is 1. The van der Waals surface area contributed by atoms with Crippen molar-refractivity contribution in [2.75, 3.05) is 33.9 Å². The third kappa shape index (κ3) is 6.06. The number of carbonyl (C=O) groups excluding carboxylic acids is 1. The topological polar surface area (TPSA) is 76.3 Å². The van der Waals surface area contributed by atoms with Crippen LogP contribution in [0.2, 0.25) is 0 Å². The van der Waals surface area contributed by atoms with Crippen molar-refractivity contribution in [2.24, 2.45) is 4.99 Å². The quantitative estimate of drug-likeness (QED) is 0.436. The van der Waals surface area contributed by atoms with Crippen LogP contribution in [0.5, 0.6) is 5.75 Å². The van der Waals surface area contributed by atoms with Gasteiger partial charge in [0.2, 0.25) is 0 Å². The number of ether oxygens (including phenoxy) is 2. The SMILES string of the molecule is CCNC(=NCc1cc(C(=O)OC)c(C)o1)N(C)CCOc1ccccc1. The van der Waals surface area contributed by atoms with Crippen molar-refractivity contribution in [1.29, 1.82) is 0 Å². The van der Waals surface area contributed by atoms with Crippen LogP contribution in [0.1, 0.15) is 28.8 Å². The van der Waals surface area contributed by atoms with Crippen LogP contribution in [0, 0.1) is 6.92 Å². The summed E-state index contributed by atoms with van der Waals surface area (Å²) in [6.07, 6.45) is 0.